The molecule has 2 atom stereocenters. The summed E-state index contributed by atoms with van der Waals surface area (Å²) in [6.07, 6.45) is -1.30. The summed E-state index contributed by atoms with van der Waals surface area (Å²) in [6, 6.07) is 7.12. The van der Waals surface area contributed by atoms with E-state index in [1.807, 2.05) is 0 Å². The number of halogens is 3. The van der Waals surface area contributed by atoms with E-state index in [0.29, 0.717) is 5.56 Å². The molecule has 26 heavy (non-hydrogen) atoms. The maximum absolute atomic E-state index is 12.8. The minimum absolute atomic E-state index is 0.164. The third-order valence-corrected chi connectivity index (χ3v) is 4.53. The highest BCUT2D eigenvalue weighted by molar-refractivity contribution is 6.05. The van der Waals surface area contributed by atoms with Gasteiger partial charge in [-0.05, 0) is 25.0 Å². The van der Waals surface area contributed by atoms with Crippen LogP contribution in [0.2, 0.25) is 0 Å². The Kier molecular flexibility index (Phi) is 5.77. The second-order valence-corrected chi connectivity index (χ2v) is 6.56. The molecule has 1 heterocycles. The molecule has 2 fully saturated rings. The van der Waals surface area contributed by atoms with Crippen LogP contribution in [0.15, 0.2) is 35.3 Å². The summed E-state index contributed by atoms with van der Waals surface area (Å²) < 4.78 is 38.4. The topological polar surface area (TPSA) is 77.5 Å². The minimum atomic E-state index is -4.34. The van der Waals surface area contributed by atoms with Crippen LogP contribution in [-0.2, 0) is 0 Å². The van der Waals surface area contributed by atoms with Crippen molar-refractivity contribution in [3.05, 3.63) is 35.9 Å². The van der Waals surface area contributed by atoms with E-state index in [-0.39, 0.29) is 24.3 Å². The highest BCUT2D eigenvalue weighted by Crippen LogP contribution is 2.26. The quantitative estimate of drug-likeness (QED) is 0.486. The predicted octanol–water partition coefficient (Wildman–Crippen LogP) is 2.06. The van der Waals surface area contributed by atoms with E-state index < -0.39 is 18.4 Å². The standard InChI is InChI=1S/C17H22F3N5O/c18-17(19,20)13-10-14(25-24-13)22-16(21-12-8-4-5-9-12)23-15(26)11-6-2-1-3-7-11/h1-3,6-7,12-14,24-25H,4-5,8-10H2,(H2,21,22,23,26). The van der Waals surface area contributed by atoms with E-state index in [0.717, 1.165) is 25.7 Å². The van der Waals surface area contributed by atoms with Gasteiger partial charge in [0.05, 0.1) is 0 Å². The lowest BCUT2D eigenvalue weighted by atomic mass is 10.2. The van der Waals surface area contributed by atoms with Crippen molar-refractivity contribution < 1.29 is 18.0 Å². The summed E-state index contributed by atoms with van der Waals surface area (Å²) in [7, 11) is 0. The molecular weight excluding hydrogens is 347 g/mol. The van der Waals surface area contributed by atoms with E-state index in [1.54, 1.807) is 30.3 Å². The van der Waals surface area contributed by atoms with Gasteiger partial charge in [0.25, 0.3) is 5.91 Å². The van der Waals surface area contributed by atoms with Crippen LogP contribution in [0.4, 0.5) is 13.2 Å². The Morgan fingerprint density at radius 2 is 1.81 bits per heavy atom. The Labute approximate surface area is 149 Å². The van der Waals surface area contributed by atoms with Crippen LogP contribution in [-0.4, -0.2) is 36.3 Å². The van der Waals surface area contributed by atoms with Gasteiger partial charge in [-0.15, -0.1) is 0 Å². The van der Waals surface area contributed by atoms with E-state index in [9.17, 15) is 18.0 Å². The molecule has 1 aliphatic heterocycles. The van der Waals surface area contributed by atoms with Crippen LogP contribution in [0.25, 0.3) is 0 Å². The van der Waals surface area contributed by atoms with Gasteiger partial charge in [0, 0.05) is 18.0 Å². The van der Waals surface area contributed by atoms with Gasteiger partial charge in [0.2, 0.25) is 0 Å². The van der Waals surface area contributed by atoms with Gasteiger partial charge in [-0.3, -0.25) is 10.1 Å². The maximum atomic E-state index is 12.8. The van der Waals surface area contributed by atoms with Crippen molar-refractivity contribution in [3.63, 3.8) is 0 Å². The number of rotatable bonds is 3. The fourth-order valence-corrected chi connectivity index (χ4v) is 3.13. The van der Waals surface area contributed by atoms with Crippen LogP contribution in [0.1, 0.15) is 42.5 Å². The molecule has 4 N–H and O–H groups in total. The normalized spacial score (nSPS) is 24.7. The van der Waals surface area contributed by atoms with Crippen LogP contribution in [0.3, 0.4) is 0 Å². The Bertz CT molecular complexity index is 644. The Morgan fingerprint density at radius 3 is 2.42 bits per heavy atom. The largest absolute Gasteiger partial charge is 0.405 e. The molecule has 0 bridgehead atoms. The molecule has 1 aromatic rings. The number of carbonyl (C=O) groups is 1. The monoisotopic (exact) mass is 369 g/mol. The number of guanidine groups is 1. The summed E-state index contributed by atoms with van der Waals surface area (Å²) in [6.45, 7) is 0. The van der Waals surface area contributed by atoms with Gasteiger partial charge in [-0.25, -0.2) is 15.8 Å². The van der Waals surface area contributed by atoms with Crippen molar-refractivity contribution in [1.82, 2.24) is 21.5 Å². The molecule has 1 aromatic carbocycles. The van der Waals surface area contributed by atoms with Crippen molar-refractivity contribution >= 4 is 11.9 Å². The summed E-state index contributed by atoms with van der Waals surface area (Å²) in [5, 5.41) is 5.86. The number of hydrogen-bond donors (Lipinski definition) is 4. The average molecular weight is 369 g/mol. The minimum Gasteiger partial charge on any atom is -0.353 e. The van der Waals surface area contributed by atoms with Gasteiger partial charge in [-0.1, -0.05) is 31.0 Å². The lowest BCUT2D eigenvalue weighted by molar-refractivity contribution is -0.152. The summed E-state index contributed by atoms with van der Waals surface area (Å²) in [5.41, 5.74) is 5.20. The summed E-state index contributed by atoms with van der Waals surface area (Å²) in [4.78, 5) is 16.6. The molecular formula is C17H22F3N5O. The molecule has 6 nitrogen and oxygen atoms in total. The molecule has 0 radical (unpaired) electrons. The number of amides is 1. The fraction of sp³-hybridized carbons (Fsp3) is 0.529. The van der Waals surface area contributed by atoms with E-state index in [1.165, 1.54) is 0 Å². The highest BCUT2D eigenvalue weighted by atomic mass is 19.4. The lowest BCUT2D eigenvalue weighted by Crippen LogP contribution is -2.46. The van der Waals surface area contributed by atoms with Crippen LogP contribution >= 0.6 is 0 Å². The zero-order valence-electron chi connectivity index (χ0n) is 14.1. The molecule has 3 rings (SSSR count). The lowest BCUT2D eigenvalue weighted by Gasteiger charge is -2.18. The molecule has 2 unspecified atom stereocenters. The third kappa shape index (κ3) is 4.95. The Balaban J connectivity index is 1.69. The zero-order chi connectivity index (χ0) is 18.6. The number of carbonyl (C=O) groups excluding carboxylic acids is 1. The highest BCUT2D eigenvalue weighted by Gasteiger charge is 2.44. The van der Waals surface area contributed by atoms with Crippen molar-refractivity contribution in [3.8, 4) is 0 Å². The Morgan fingerprint density at radius 1 is 1.12 bits per heavy atom. The molecule has 0 spiro atoms. The summed E-state index contributed by atoms with van der Waals surface area (Å²) >= 11 is 0. The summed E-state index contributed by atoms with van der Waals surface area (Å²) in [5.74, 6) is -0.152. The first-order valence-corrected chi connectivity index (χ1v) is 8.70. The van der Waals surface area contributed by atoms with Gasteiger partial charge in [0.15, 0.2) is 5.96 Å². The van der Waals surface area contributed by atoms with Gasteiger partial charge < -0.3 is 5.32 Å². The number of nitrogens with one attached hydrogen (secondary N) is 4. The van der Waals surface area contributed by atoms with E-state index in [4.69, 9.17) is 0 Å². The molecule has 2 aliphatic rings. The molecule has 1 saturated carbocycles. The molecule has 9 heteroatoms. The van der Waals surface area contributed by atoms with Crippen molar-refractivity contribution in [2.24, 2.45) is 4.99 Å². The smallest absolute Gasteiger partial charge is 0.353 e. The van der Waals surface area contributed by atoms with Crippen molar-refractivity contribution in [1.29, 1.82) is 0 Å². The first-order valence-electron chi connectivity index (χ1n) is 8.70. The predicted molar refractivity (Wildman–Crippen MR) is 91.3 cm³/mol. The number of aliphatic imine (C=N–C) groups is 1. The second-order valence-electron chi connectivity index (χ2n) is 6.56. The van der Waals surface area contributed by atoms with E-state index >= 15 is 0 Å². The molecule has 1 saturated heterocycles. The van der Waals surface area contributed by atoms with Gasteiger partial charge in [0.1, 0.15) is 12.2 Å². The van der Waals surface area contributed by atoms with Crippen molar-refractivity contribution in [2.45, 2.75) is 56.5 Å². The van der Waals surface area contributed by atoms with Crippen molar-refractivity contribution in [2.75, 3.05) is 0 Å². The number of nitrogens with zero attached hydrogens (tertiary/aromatic N) is 1. The molecule has 1 amide bonds. The first kappa shape index (κ1) is 18.7. The number of hydrogen-bond acceptors (Lipinski definition) is 4. The van der Waals surface area contributed by atoms with Crippen LogP contribution in [0.5, 0.6) is 0 Å². The average Bonchev–Trinajstić information content (AvgIpc) is 3.27. The van der Waals surface area contributed by atoms with E-state index in [2.05, 4.69) is 26.5 Å². The molecule has 142 valence electrons. The van der Waals surface area contributed by atoms with Gasteiger partial charge >= 0.3 is 6.18 Å². The maximum Gasteiger partial charge on any atom is 0.405 e. The Hall–Kier alpha value is -2.13. The third-order valence-electron chi connectivity index (χ3n) is 4.53. The number of benzene rings is 1. The second kappa shape index (κ2) is 8.05. The van der Waals surface area contributed by atoms with Crippen LogP contribution < -0.4 is 21.5 Å². The fourth-order valence-electron chi connectivity index (χ4n) is 3.13. The first-order chi connectivity index (χ1) is 12.4. The molecule has 1 aliphatic carbocycles. The number of alkyl halides is 3. The van der Waals surface area contributed by atoms with Gasteiger partial charge in [-0.2, -0.15) is 13.2 Å². The molecule has 0 aromatic heterocycles. The van der Waals surface area contributed by atoms with Crippen LogP contribution in [0, 0.1) is 0 Å². The zero-order valence-corrected chi connectivity index (χ0v) is 14.1. The SMILES string of the molecule is O=C(NC(=NC1CC(C(F)(F)F)NN1)NC1CCCC1)c1ccccc1. The number of hydrazine groups is 1.